The van der Waals surface area contributed by atoms with Gasteiger partial charge in [-0.15, -0.1) is 0 Å². The SMILES string of the molecule is Cc1ccccc1C(=O)Nc1ccc(S(=O)(=O)NC(C)C2CCCN(C(=O)[C@H](CC(C)(C)C)OC(N)=O)C2)c2ccccc12. The number of primary amides is 1. The average molecular weight is 623 g/mol. The molecule has 3 atom stereocenters. The van der Waals surface area contributed by atoms with Gasteiger partial charge in [0, 0.05) is 41.2 Å². The van der Waals surface area contributed by atoms with E-state index in [1.54, 1.807) is 54.3 Å². The van der Waals surface area contributed by atoms with E-state index in [0.29, 0.717) is 48.0 Å². The van der Waals surface area contributed by atoms with Crippen molar-refractivity contribution in [3.63, 3.8) is 0 Å². The molecule has 3 amide bonds. The summed E-state index contributed by atoms with van der Waals surface area (Å²) in [6.07, 6.45) is -0.296. The van der Waals surface area contributed by atoms with Gasteiger partial charge in [-0.1, -0.05) is 63.2 Å². The van der Waals surface area contributed by atoms with E-state index < -0.39 is 28.3 Å². The van der Waals surface area contributed by atoms with E-state index in [0.717, 1.165) is 12.0 Å². The number of hydrogen-bond donors (Lipinski definition) is 3. The summed E-state index contributed by atoms with van der Waals surface area (Å²) in [6.45, 7) is 10.3. The first kappa shape index (κ1) is 32.9. The normalized spacial score (nSPS) is 17.1. The van der Waals surface area contributed by atoms with Gasteiger partial charge in [0.05, 0.1) is 4.90 Å². The molecular weight excluding hydrogens is 580 g/mol. The molecule has 236 valence electrons. The zero-order valence-electron chi connectivity index (χ0n) is 25.9. The molecule has 0 radical (unpaired) electrons. The van der Waals surface area contributed by atoms with Crippen LogP contribution < -0.4 is 15.8 Å². The fraction of sp³-hybridized carbons (Fsp3) is 0.424. The fourth-order valence-corrected chi connectivity index (χ4v) is 7.26. The number of piperidine rings is 1. The number of benzene rings is 3. The highest BCUT2D eigenvalue weighted by Gasteiger charge is 2.36. The summed E-state index contributed by atoms with van der Waals surface area (Å²) in [6, 6.07) is 16.9. The first-order valence-corrected chi connectivity index (χ1v) is 16.3. The summed E-state index contributed by atoms with van der Waals surface area (Å²) in [5.41, 5.74) is 6.85. The molecule has 10 nitrogen and oxygen atoms in total. The Morgan fingerprint density at radius 1 is 1.02 bits per heavy atom. The topological polar surface area (TPSA) is 148 Å². The maximum Gasteiger partial charge on any atom is 0.405 e. The monoisotopic (exact) mass is 622 g/mol. The molecule has 2 unspecified atom stereocenters. The van der Waals surface area contributed by atoms with E-state index in [2.05, 4.69) is 10.0 Å². The Bertz CT molecular complexity index is 1650. The summed E-state index contributed by atoms with van der Waals surface area (Å²) in [7, 11) is -3.99. The maximum absolute atomic E-state index is 13.8. The minimum Gasteiger partial charge on any atom is -0.436 e. The van der Waals surface area contributed by atoms with Crippen molar-refractivity contribution in [3.05, 3.63) is 71.8 Å². The van der Waals surface area contributed by atoms with Crippen LogP contribution in [0.4, 0.5) is 10.5 Å². The first-order valence-electron chi connectivity index (χ1n) is 14.8. The third kappa shape index (κ3) is 7.95. The van der Waals surface area contributed by atoms with Gasteiger partial charge in [0.25, 0.3) is 11.8 Å². The van der Waals surface area contributed by atoms with Crippen LogP contribution >= 0.6 is 0 Å². The number of amides is 3. The number of carbonyl (C=O) groups is 3. The predicted molar refractivity (Wildman–Crippen MR) is 171 cm³/mol. The van der Waals surface area contributed by atoms with Crippen molar-refractivity contribution in [2.24, 2.45) is 17.1 Å². The minimum absolute atomic E-state index is 0.0951. The molecule has 0 saturated carbocycles. The molecule has 0 bridgehead atoms. The lowest BCUT2D eigenvalue weighted by Crippen LogP contribution is -2.51. The molecule has 3 aromatic carbocycles. The standard InChI is InChI=1S/C33H42N4O6S/c1-21-11-6-7-13-24(21)30(38)35-27-16-17-29(26-15-9-8-14-25(26)27)44(41,42)36-22(2)23-12-10-18-37(20-23)31(39)28(43-32(34)40)19-33(3,4)5/h6-9,11,13-17,22-23,28,36H,10,12,18-20H2,1-5H3,(H2,34,40)(H,35,38)/t22?,23?,28-/m0/s1. The smallest absolute Gasteiger partial charge is 0.405 e. The first-order chi connectivity index (χ1) is 20.7. The molecule has 0 aromatic heterocycles. The van der Waals surface area contributed by atoms with Crippen LogP contribution in [-0.4, -0.2) is 56.5 Å². The van der Waals surface area contributed by atoms with Crippen LogP contribution in [0.5, 0.6) is 0 Å². The number of rotatable bonds is 9. The molecule has 1 heterocycles. The third-order valence-corrected chi connectivity index (χ3v) is 9.58. The number of aryl methyl sites for hydroxylation is 1. The van der Waals surface area contributed by atoms with Gasteiger partial charge in [-0.3, -0.25) is 9.59 Å². The number of nitrogens with one attached hydrogen (secondary N) is 2. The van der Waals surface area contributed by atoms with Crippen molar-refractivity contribution in [1.29, 1.82) is 0 Å². The molecule has 1 fully saturated rings. The number of fused-ring (bicyclic) bond motifs is 1. The van der Waals surface area contributed by atoms with E-state index in [9.17, 15) is 22.8 Å². The number of likely N-dealkylation sites (tertiary alicyclic amines) is 1. The van der Waals surface area contributed by atoms with Crippen molar-refractivity contribution in [1.82, 2.24) is 9.62 Å². The van der Waals surface area contributed by atoms with Crippen LogP contribution in [0, 0.1) is 18.3 Å². The Morgan fingerprint density at radius 2 is 1.68 bits per heavy atom. The van der Waals surface area contributed by atoms with Crippen LogP contribution in [0.1, 0.15) is 62.9 Å². The van der Waals surface area contributed by atoms with Crippen molar-refractivity contribution in [2.45, 2.75) is 70.9 Å². The number of sulfonamides is 1. The van der Waals surface area contributed by atoms with E-state index in [-0.39, 0.29) is 28.0 Å². The van der Waals surface area contributed by atoms with E-state index in [1.807, 2.05) is 39.8 Å². The van der Waals surface area contributed by atoms with Gasteiger partial charge in [-0.2, -0.15) is 0 Å². The second-order valence-electron chi connectivity index (χ2n) is 12.7. The van der Waals surface area contributed by atoms with Crippen LogP contribution in [-0.2, 0) is 19.6 Å². The Balaban J connectivity index is 1.52. The van der Waals surface area contributed by atoms with Crippen LogP contribution in [0.25, 0.3) is 10.8 Å². The third-order valence-electron chi connectivity index (χ3n) is 7.96. The van der Waals surface area contributed by atoms with Gasteiger partial charge in [-0.25, -0.2) is 17.9 Å². The zero-order valence-corrected chi connectivity index (χ0v) is 26.7. The lowest BCUT2D eigenvalue weighted by Gasteiger charge is -2.38. The number of ether oxygens (including phenoxy) is 1. The van der Waals surface area contributed by atoms with Crippen molar-refractivity contribution >= 4 is 44.4 Å². The van der Waals surface area contributed by atoms with Gasteiger partial charge in [0.15, 0.2) is 6.10 Å². The number of hydrogen-bond acceptors (Lipinski definition) is 6. The summed E-state index contributed by atoms with van der Waals surface area (Å²) in [5.74, 6) is -0.768. The highest BCUT2D eigenvalue weighted by atomic mass is 32.2. The molecule has 1 saturated heterocycles. The van der Waals surface area contributed by atoms with Crippen LogP contribution in [0.3, 0.4) is 0 Å². The molecule has 1 aliphatic rings. The average Bonchev–Trinajstić information content (AvgIpc) is 2.95. The molecule has 3 aromatic rings. The fourth-order valence-electron chi connectivity index (χ4n) is 5.73. The van der Waals surface area contributed by atoms with Crippen LogP contribution in [0.15, 0.2) is 65.6 Å². The highest BCUT2D eigenvalue weighted by molar-refractivity contribution is 7.89. The summed E-state index contributed by atoms with van der Waals surface area (Å²) in [4.78, 5) is 39.7. The summed E-state index contributed by atoms with van der Waals surface area (Å²) >= 11 is 0. The van der Waals surface area contributed by atoms with E-state index in [1.165, 1.54) is 6.07 Å². The largest absolute Gasteiger partial charge is 0.436 e. The number of nitrogens with zero attached hydrogens (tertiary/aromatic N) is 1. The molecule has 1 aliphatic heterocycles. The second-order valence-corrected chi connectivity index (χ2v) is 14.4. The number of carbonyl (C=O) groups excluding carboxylic acids is 3. The van der Waals surface area contributed by atoms with Gasteiger partial charge in [0.2, 0.25) is 10.0 Å². The number of anilines is 1. The van der Waals surface area contributed by atoms with Gasteiger partial charge >= 0.3 is 6.09 Å². The maximum atomic E-state index is 13.8. The van der Waals surface area contributed by atoms with Crippen molar-refractivity contribution in [3.8, 4) is 0 Å². The molecular formula is C33H42N4O6S. The lowest BCUT2D eigenvalue weighted by atomic mass is 9.87. The summed E-state index contributed by atoms with van der Waals surface area (Å²) in [5, 5.41) is 4.00. The Labute approximate surface area is 259 Å². The molecule has 11 heteroatoms. The lowest BCUT2D eigenvalue weighted by molar-refractivity contribution is -0.143. The Hall–Kier alpha value is -3.96. The number of nitrogens with two attached hydrogens (primary N) is 1. The zero-order chi connectivity index (χ0) is 32.2. The van der Waals surface area contributed by atoms with E-state index in [4.69, 9.17) is 10.5 Å². The molecule has 4 rings (SSSR count). The molecule has 44 heavy (non-hydrogen) atoms. The van der Waals surface area contributed by atoms with Gasteiger partial charge < -0.3 is 20.7 Å². The summed E-state index contributed by atoms with van der Waals surface area (Å²) < 4.78 is 35.5. The Morgan fingerprint density at radius 3 is 2.34 bits per heavy atom. The van der Waals surface area contributed by atoms with Crippen LogP contribution in [0.2, 0.25) is 0 Å². The van der Waals surface area contributed by atoms with Gasteiger partial charge in [-0.05, 0) is 68.2 Å². The molecule has 4 N–H and O–H groups in total. The Kier molecular flexibility index (Phi) is 10.00. The quantitative estimate of drug-likeness (QED) is 0.299. The van der Waals surface area contributed by atoms with Crippen molar-refractivity contribution in [2.75, 3.05) is 18.4 Å². The molecule has 0 aliphatic carbocycles. The highest BCUT2D eigenvalue weighted by Crippen LogP contribution is 2.31. The minimum atomic E-state index is -3.99. The second kappa shape index (κ2) is 13.4. The van der Waals surface area contributed by atoms with E-state index >= 15 is 0 Å². The molecule has 0 spiro atoms. The predicted octanol–water partition coefficient (Wildman–Crippen LogP) is 5.21. The van der Waals surface area contributed by atoms with Crippen molar-refractivity contribution < 1.29 is 27.5 Å². The van der Waals surface area contributed by atoms with Gasteiger partial charge in [0.1, 0.15) is 0 Å².